The van der Waals surface area contributed by atoms with E-state index in [-0.39, 0.29) is 5.91 Å². The van der Waals surface area contributed by atoms with Crippen molar-refractivity contribution in [3.63, 3.8) is 0 Å². The van der Waals surface area contributed by atoms with Gasteiger partial charge in [0.15, 0.2) is 0 Å². The van der Waals surface area contributed by atoms with E-state index in [1.165, 1.54) is 11.3 Å². The molecule has 0 aliphatic rings. The van der Waals surface area contributed by atoms with Crippen molar-refractivity contribution in [1.29, 1.82) is 0 Å². The van der Waals surface area contributed by atoms with Crippen LogP contribution < -0.4 is 5.73 Å². The maximum atomic E-state index is 12.3. The Kier molecular flexibility index (Phi) is 5.09. The number of thiazole rings is 1. The van der Waals surface area contributed by atoms with Crippen LogP contribution in [-0.2, 0) is 6.54 Å². The molecule has 0 bridgehead atoms. The molecule has 2 aromatic rings. The van der Waals surface area contributed by atoms with E-state index in [0.717, 1.165) is 16.1 Å². The molecule has 1 aromatic heterocycles. The summed E-state index contributed by atoms with van der Waals surface area (Å²) in [6.07, 6.45) is 0. The molecule has 1 amide bonds. The fraction of sp³-hybridized carbons (Fsp3) is 0.250. The predicted octanol–water partition coefficient (Wildman–Crippen LogP) is 2.03. The second kappa shape index (κ2) is 7.02. The number of benzene rings is 1. The number of hydrogen-bond acceptors (Lipinski definition) is 4. The topological polar surface area (TPSA) is 59.2 Å². The van der Waals surface area contributed by atoms with E-state index in [9.17, 15) is 4.79 Å². The van der Waals surface area contributed by atoms with Crippen molar-refractivity contribution in [3.8, 4) is 11.8 Å². The molecule has 1 heterocycles. The molecule has 0 spiro atoms. The summed E-state index contributed by atoms with van der Waals surface area (Å²) in [5.74, 6) is 5.80. The van der Waals surface area contributed by atoms with E-state index in [0.29, 0.717) is 18.8 Å². The molecule has 0 unspecified atom stereocenters. The van der Waals surface area contributed by atoms with Crippen LogP contribution in [0.15, 0.2) is 29.6 Å². The van der Waals surface area contributed by atoms with E-state index in [4.69, 9.17) is 5.73 Å². The SMILES string of the molecule is Cc1nc(C(=O)N(C)Cc2ccccc2C#CCN)cs1. The van der Waals surface area contributed by atoms with Crippen molar-refractivity contribution in [3.05, 3.63) is 51.5 Å². The summed E-state index contributed by atoms with van der Waals surface area (Å²) in [4.78, 5) is 18.2. The van der Waals surface area contributed by atoms with Crippen LogP contribution in [0.2, 0.25) is 0 Å². The van der Waals surface area contributed by atoms with Crippen molar-refractivity contribution in [2.75, 3.05) is 13.6 Å². The van der Waals surface area contributed by atoms with Crippen molar-refractivity contribution in [1.82, 2.24) is 9.88 Å². The fourth-order valence-electron chi connectivity index (χ4n) is 1.91. The quantitative estimate of drug-likeness (QED) is 0.882. The molecule has 0 radical (unpaired) electrons. The first-order valence-corrected chi connectivity index (χ1v) is 7.44. The van der Waals surface area contributed by atoms with Gasteiger partial charge in [-0.25, -0.2) is 4.98 Å². The lowest BCUT2D eigenvalue weighted by Crippen LogP contribution is -2.26. The standard InChI is InChI=1S/C16H17N3OS/c1-12-18-15(11-21-12)16(20)19(2)10-14-7-4-3-6-13(14)8-5-9-17/h3-4,6-7,11H,9-10,17H2,1-2H3. The smallest absolute Gasteiger partial charge is 0.273 e. The van der Waals surface area contributed by atoms with Gasteiger partial charge in [-0.3, -0.25) is 4.79 Å². The molecule has 0 saturated heterocycles. The fourth-order valence-corrected chi connectivity index (χ4v) is 2.50. The van der Waals surface area contributed by atoms with Crippen LogP contribution in [0.3, 0.4) is 0 Å². The summed E-state index contributed by atoms with van der Waals surface area (Å²) in [6, 6.07) is 7.77. The van der Waals surface area contributed by atoms with Gasteiger partial charge >= 0.3 is 0 Å². The van der Waals surface area contributed by atoms with Gasteiger partial charge in [0.05, 0.1) is 11.6 Å². The van der Waals surface area contributed by atoms with Gasteiger partial charge in [0.2, 0.25) is 0 Å². The van der Waals surface area contributed by atoms with Crippen molar-refractivity contribution >= 4 is 17.2 Å². The minimum atomic E-state index is -0.0825. The van der Waals surface area contributed by atoms with E-state index in [2.05, 4.69) is 16.8 Å². The molecule has 108 valence electrons. The Labute approximate surface area is 128 Å². The van der Waals surface area contributed by atoms with Crippen molar-refractivity contribution in [2.45, 2.75) is 13.5 Å². The molecule has 0 atom stereocenters. The molecular weight excluding hydrogens is 282 g/mol. The molecule has 21 heavy (non-hydrogen) atoms. The third-order valence-electron chi connectivity index (χ3n) is 2.93. The largest absolute Gasteiger partial charge is 0.336 e. The van der Waals surface area contributed by atoms with E-state index in [1.807, 2.05) is 31.2 Å². The zero-order valence-corrected chi connectivity index (χ0v) is 12.9. The van der Waals surface area contributed by atoms with Crippen molar-refractivity contribution < 1.29 is 4.79 Å². The number of nitrogens with two attached hydrogens (primary N) is 1. The zero-order chi connectivity index (χ0) is 15.2. The monoisotopic (exact) mass is 299 g/mol. The van der Waals surface area contributed by atoms with Crippen LogP contribution in [0, 0.1) is 18.8 Å². The minimum Gasteiger partial charge on any atom is -0.336 e. The highest BCUT2D eigenvalue weighted by Gasteiger charge is 2.15. The molecular formula is C16H17N3OS. The van der Waals surface area contributed by atoms with Gasteiger partial charge in [-0.1, -0.05) is 30.0 Å². The van der Waals surface area contributed by atoms with Gasteiger partial charge in [0, 0.05) is 24.5 Å². The average molecular weight is 299 g/mol. The third-order valence-corrected chi connectivity index (χ3v) is 3.71. The second-order valence-corrected chi connectivity index (χ2v) is 5.64. The molecule has 1 aromatic carbocycles. The van der Waals surface area contributed by atoms with Crippen molar-refractivity contribution in [2.24, 2.45) is 5.73 Å². The van der Waals surface area contributed by atoms with Gasteiger partial charge in [0.25, 0.3) is 5.91 Å². The highest BCUT2D eigenvalue weighted by atomic mass is 32.1. The summed E-state index contributed by atoms with van der Waals surface area (Å²) in [7, 11) is 1.77. The van der Waals surface area contributed by atoms with E-state index < -0.39 is 0 Å². The molecule has 0 aliphatic heterocycles. The number of aryl methyl sites for hydroxylation is 1. The van der Waals surface area contributed by atoms with Gasteiger partial charge in [-0.15, -0.1) is 11.3 Å². The summed E-state index contributed by atoms with van der Waals surface area (Å²) in [5, 5.41) is 2.68. The maximum absolute atomic E-state index is 12.3. The molecule has 0 fully saturated rings. The lowest BCUT2D eigenvalue weighted by atomic mass is 10.1. The number of amides is 1. The molecule has 2 N–H and O–H groups in total. The Balaban J connectivity index is 2.16. The summed E-state index contributed by atoms with van der Waals surface area (Å²) in [6.45, 7) is 2.70. The molecule has 5 heteroatoms. The minimum absolute atomic E-state index is 0.0825. The number of aromatic nitrogens is 1. The number of hydrogen-bond donors (Lipinski definition) is 1. The van der Waals surface area contributed by atoms with Crippen LogP contribution in [0.5, 0.6) is 0 Å². The Morgan fingerprint density at radius 3 is 2.86 bits per heavy atom. The summed E-state index contributed by atoms with van der Waals surface area (Å²) >= 11 is 1.48. The average Bonchev–Trinajstić information content (AvgIpc) is 2.92. The number of carbonyl (C=O) groups is 1. The first-order valence-electron chi connectivity index (χ1n) is 6.56. The Hall–Kier alpha value is -2.16. The van der Waals surface area contributed by atoms with Gasteiger partial charge in [-0.2, -0.15) is 0 Å². The van der Waals surface area contributed by atoms with E-state index in [1.54, 1.807) is 17.3 Å². The Bertz CT molecular complexity index is 697. The highest BCUT2D eigenvalue weighted by Crippen LogP contribution is 2.14. The van der Waals surface area contributed by atoms with Gasteiger partial charge in [0.1, 0.15) is 5.69 Å². The van der Waals surface area contributed by atoms with Crippen LogP contribution >= 0.6 is 11.3 Å². The number of carbonyl (C=O) groups excluding carboxylic acids is 1. The highest BCUT2D eigenvalue weighted by molar-refractivity contribution is 7.09. The van der Waals surface area contributed by atoms with E-state index >= 15 is 0 Å². The second-order valence-electron chi connectivity index (χ2n) is 4.58. The first-order chi connectivity index (χ1) is 10.1. The molecule has 0 saturated carbocycles. The first kappa shape index (κ1) is 15.2. The lowest BCUT2D eigenvalue weighted by molar-refractivity contribution is 0.0780. The summed E-state index contributed by atoms with van der Waals surface area (Å²) < 4.78 is 0. The predicted molar refractivity (Wildman–Crippen MR) is 85.0 cm³/mol. The maximum Gasteiger partial charge on any atom is 0.273 e. The van der Waals surface area contributed by atoms with Crippen LogP contribution in [0.1, 0.15) is 26.6 Å². The molecule has 4 nitrogen and oxygen atoms in total. The molecule has 2 rings (SSSR count). The van der Waals surface area contributed by atoms with Gasteiger partial charge < -0.3 is 10.6 Å². The normalized spacial score (nSPS) is 9.86. The third kappa shape index (κ3) is 3.91. The number of nitrogens with zero attached hydrogens (tertiary/aromatic N) is 2. The summed E-state index contributed by atoms with van der Waals surface area (Å²) in [5.41, 5.74) is 7.80. The van der Waals surface area contributed by atoms with Crippen LogP contribution in [-0.4, -0.2) is 29.4 Å². The van der Waals surface area contributed by atoms with Crippen LogP contribution in [0.25, 0.3) is 0 Å². The Morgan fingerprint density at radius 1 is 1.43 bits per heavy atom. The Morgan fingerprint density at radius 2 is 2.19 bits per heavy atom. The van der Waals surface area contributed by atoms with Crippen LogP contribution in [0.4, 0.5) is 0 Å². The van der Waals surface area contributed by atoms with Gasteiger partial charge in [-0.05, 0) is 18.6 Å². The number of rotatable bonds is 3. The molecule has 0 aliphatic carbocycles. The zero-order valence-electron chi connectivity index (χ0n) is 12.1. The lowest BCUT2D eigenvalue weighted by Gasteiger charge is -2.17.